The van der Waals surface area contributed by atoms with Gasteiger partial charge in [-0.1, -0.05) is 6.07 Å². The number of nitrogens with zero attached hydrogens (tertiary/aromatic N) is 1. The van der Waals surface area contributed by atoms with Gasteiger partial charge in [-0.3, -0.25) is 4.79 Å². The predicted octanol–water partition coefficient (Wildman–Crippen LogP) is 1.89. The highest BCUT2D eigenvalue weighted by atomic mass is 19.1. The molecule has 0 radical (unpaired) electrons. The molecule has 0 bridgehead atoms. The molecule has 1 aromatic rings. The van der Waals surface area contributed by atoms with Crippen molar-refractivity contribution < 1.29 is 9.18 Å². The zero-order valence-electron chi connectivity index (χ0n) is 12.1. The molecule has 0 saturated carbocycles. The number of nitrogens with two attached hydrogens (primary N) is 1. The quantitative estimate of drug-likeness (QED) is 0.894. The van der Waals surface area contributed by atoms with Gasteiger partial charge in [-0.15, -0.1) is 0 Å². The summed E-state index contributed by atoms with van der Waals surface area (Å²) in [6.45, 7) is 2.81. The van der Waals surface area contributed by atoms with Crippen LogP contribution >= 0.6 is 0 Å². The zero-order chi connectivity index (χ0) is 14.8. The molecule has 2 heterocycles. The monoisotopic (exact) mass is 291 g/mol. The Bertz CT molecular complexity index is 528. The minimum Gasteiger partial charge on any atom is -0.370 e. The molecule has 2 atom stereocenters. The lowest BCUT2D eigenvalue weighted by Gasteiger charge is -2.37. The second kappa shape index (κ2) is 6.02. The second-order valence-corrected chi connectivity index (χ2v) is 6.05. The van der Waals surface area contributed by atoms with Gasteiger partial charge < -0.3 is 16.0 Å². The third-order valence-corrected chi connectivity index (χ3v) is 4.70. The summed E-state index contributed by atoms with van der Waals surface area (Å²) in [6, 6.07) is 5.30. The predicted molar refractivity (Wildman–Crippen MR) is 80.9 cm³/mol. The van der Waals surface area contributed by atoms with Crippen LogP contribution in [-0.2, 0) is 0 Å². The van der Waals surface area contributed by atoms with Crippen LogP contribution in [0.3, 0.4) is 0 Å². The van der Waals surface area contributed by atoms with Gasteiger partial charge in [0.25, 0.3) is 5.91 Å². The van der Waals surface area contributed by atoms with Crippen LogP contribution in [0, 0.1) is 11.7 Å². The normalized spacial score (nSPS) is 26.0. The average Bonchev–Trinajstić information content (AvgIpc) is 3.01. The van der Waals surface area contributed by atoms with Gasteiger partial charge in [-0.2, -0.15) is 0 Å². The highest BCUT2D eigenvalue weighted by Gasteiger charge is 2.30. The molecule has 0 aromatic heterocycles. The Balaban J connectivity index is 1.83. The van der Waals surface area contributed by atoms with E-state index in [-0.39, 0.29) is 5.56 Å². The van der Waals surface area contributed by atoms with E-state index >= 15 is 0 Å². The smallest absolute Gasteiger partial charge is 0.253 e. The third kappa shape index (κ3) is 2.88. The van der Waals surface area contributed by atoms with Crippen molar-refractivity contribution in [3.05, 3.63) is 29.6 Å². The van der Waals surface area contributed by atoms with Crippen molar-refractivity contribution in [2.45, 2.75) is 31.7 Å². The number of benzene rings is 1. The summed E-state index contributed by atoms with van der Waals surface area (Å²) in [6.07, 6.45) is 4.70. The highest BCUT2D eigenvalue weighted by molar-refractivity contribution is 5.99. The molecule has 4 nitrogen and oxygen atoms in total. The minimum atomic E-state index is -0.691. The first-order valence-corrected chi connectivity index (χ1v) is 7.73. The van der Waals surface area contributed by atoms with Crippen LogP contribution in [0.2, 0.25) is 0 Å². The summed E-state index contributed by atoms with van der Waals surface area (Å²) in [5.74, 6) is -0.657. The van der Waals surface area contributed by atoms with Crippen molar-refractivity contribution in [3.63, 3.8) is 0 Å². The first-order chi connectivity index (χ1) is 10.2. The molecule has 1 aromatic carbocycles. The van der Waals surface area contributed by atoms with Crippen molar-refractivity contribution in [2.75, 3.05) is 24.5 Å². The highest BCUT2D eigenvalue weighted by Crippen LogP contribution is 2.30. The standard InChI is InChI=1S/C16H22FN3O/c17-12-5-1-7-14(15(12)16(18)21)20-9-3-4-11(10-20)13-6-2-8-19-13/h1,5,7,11,13,19H,2-4,6,8-10H2,(H2,18,21). The number of carbonyl (C=O) groups excluding carboxylic acids is 1. The van der Waals surface area contributed by atoms with Crippen LogP contribution in [-0.4, -0.2) is 31.6 Å². The summed E-state index contributed by atoms with van der Waals surface area (Å²) in [7, 11) is 0. The maximum Gasteiger partial charge on any atom is 0.253 e. The Morgan fingerprint density at radius 3 is 2.90 bits per heavy atom. The van der Waals surface area contributed by atoms with E-state index in [0.29, 0.717) is 17.6 Å². The molecular formula is C16H22FN3O. The van der Waals surface area contributed by atoms with E-state index in [1.54, 1.807) is 12.1 Å². The number of halogens is 1. The van der Waals surface area contributed by atoms with Crippen LogP contribution in [0.1, 0.15) is 36.0 Å². The summed E-state index contributed by atoms with van der Waals surface area (Å²) in [4.78, 5) is 13.7. The third-order valence-electron chi connectivity index (χ3n) is 4.70. The number of anilines is 1. The number of rotatable bonds is 3. The molecule has 114 valence electrons. The molecule has 0 spiro atoms. The topological polar surface area (TPSA) is 58.4 Å². The molecule has 2 aliphatic heterocycles. The molecule has 3 rings (SSSR count). The summed E-state index contributed by atoms with van der Waals surface area (Å²) >= 11 is 0. The van der Waals surface area contributed by atoms with E-state index in [2.05, 4.69) is 10.2 Å². The molecule has 0 aliphatic carbocycles. The molecule has 1 amide bonds. The van der Waals surface area contributed by atoms with Gasteiger partial charge in [0.2, 0.25) is 0 Å². The zero-order valence-corrected chi connectivity index (χ0v) is 12.1. The van der Waals surface area contributed by atoms with Gasteiger partial charge in [0, 0.05) is 19.1 Å². The van der Waals surface area contributed by atoms with Gasteiger partial charge in [0.1, 0.15) is 5.82 Å². The van der Waals surface area contributed by atoms with Crippen LogP contribution < -0.4 is 16.0 Å². The molecule has 2 fully saturated rings. The average molecular weight is 291 g/mol. The van der Waals surface area contributed by atoms with E-state index < -0.39 is 11.7 Å². The number of carbonyl (C=O) groups is 1. The maximum atomic E-state index is 13.9. The van der Waals surface area contributed by atoms with Crippen molar-refractivity contribution in [1.82, 2.24) is 5.32 Å². The molecule has 3 N–H and O–H groups in total. The van der Waals surface area contributed by atoms with Crippen molar-refractivity contribution in [1.29, 1.82) is 0 Å². The molecular weight excluding hydrogens is 269 g/mol. The van der Waals surface area contributed by atoms with Crippen LogP contribution in [0.4, 0.5) is 10.1 Å². The first kappa shape index (κ1) is 14.3. The van der Waals surface area contributed by atoms with Gasteiger partial charge in [0.05, 0.1) is 11.3 Å². The van der Waals surface area contributed by atoms with E-state index in [0.717, 1.165) is 26.1 Å². The second-order valence-electron chi connectivity index (χ2n) is 6.05. The number of amides is 1. The lowest BCUT2D eigenvalue weighted by molar-refractivity contribution is 0.0997. The van der Waals surface area contributed by atoms with Crippen LogP contribution in [0.15, 0.2) is 18.2 Å². The number of primary amides is 1. The summed E-state index contributed by atoms with van der Waals surface area (Å²) < 4.78 is 13.9. The maximum absolute atomic E-state index is 13.9. The van der Waals surface area contributed by atoms with Gasteiger partial charge in [-0.25, -0.2) is 4.39 Å². The van der Waals surface area contributed by atoms with E-state index in [1.807, 2.05) is 0 Å². The fourth-order valence-electron chi connectivity index (χ4n) is 3.69. The lowest BCUT2D eigenvalue weighted by atomic mass is 9.89. The van der Waals surface area contributed by atoms with Crippen molar-refractivity contribution >= 4 is 11.6 Å². The Kier molecular flexibility index (Phi) is 4.10. The van der Waals surface area contributed by atoms with Gasteiger partial charge in [0.15, 0.2) is 0 Å². The van der Waals surface area contributed by atoms with Gasteiger partial charge in [-0.05, 0) is 50.3 Å². The van der Waals surface area contributed by atoms with E-state index in [9.17, 15) is 9.18 Å². The first-order valence-electron chi connectivity index (χ1n) is 7.73. The lowest BCUT2D eigenvalue weighted by Crippen LogP contribution is -2.44. The molecule has 21 heavy (non-hydrogen) atoms. The number of nitrogens with one attached hydrogen (secondary N) is 1. The summed E-state index contributed by atoms with van der Waals surface area (Å²) in [5.41, 5.74) is 6.03. The number of hydrogen-bond acceptors (Lipinski definition) is 3. The molecule has 2 saturated heterocycles. The molecule has 2 aliphatic rings. The SMILES string of the molecule is NC(=O)c1c(F)cccc1N1CCCC(C2CCCN2)C1. The Morgan fingerprint density at radius 1 is 1.33 bits per heavy atom. The van der Waals surface area contributed by atoms with E-state index in [4.69, 9.17) is 5.73 Å². The van der Waals surface area contributed by atoms with Crippen molar-refractivity contribution in [2.24, 2.45) is 11.7 Å². The summed E-state index contributed by atoms with van der Waals surface area (Å²) in [5, 5.41) is 3.55. The van der Waals surface area contributed by atoms with Crippen LogP contribution in [0.5, 0.6) is 0 Å². The number of hydrogen-bond donors (Lipinski definition) is 2. The van der Waals surface area contributed by atoms with Gasteiger partial charge >= 0.3 is 0 Å². The Hall–Kier alpha value is -1.62. The fourth-order valence-corrected chi connectivity index (χ4v) is 3.69. The Morgan fingerprint density at radius 2 is 2.19 bits per heavy atom. The molecule has 5 heteroatoms. The fraction of sp³-hybridized carbons (Fsp3) is 0.562. The van der Waals surface area contributed by atoms with Crippen molar-refractivity contribution in [3.8, 4) is 0 Å². The Labute approximate surface area is 124 Å². The van der Waals surface area contributed by atoms with Crippen LogP contribution in [0.25, 0.3) is 0 Å². The van der Waals surface area contributed by atoms with E-state index in [1.165, 1.54) is 25.3 Å². The molecule has 2 unspecified atom stereocenters. The number of piperidine rings is 1. The minimum absolute atomic E-state index is 0.0255. The largest absolute Gasteiger partial charge is 0.370 e.